The van der Waals surface area contributed by atoms with Gasteiger partial charge in [0.15, 0.2) is 0 Å². The molecule has 4 heteroatoms. The van der Waals surface area contributed by atoms with Crippen LogP contribution in [-0.2, 0) is 11.2 Å². The number of carbonyl (C=O) groups excluding carboxylic acids is 1. The van der Waals surface area contributed by atoms with Gasteiger partial charge in [0.25, 0.3) is 0 Å². The summed E-state index contributed by atoms with van der Waals surface area (Å²) in [6.07, 6.45) is 1.64. The second-order valence-corrected chi connectivity index (χ2v) is 6.47. The first kappa shape index (κ1) is 14.5. The summed E-state index contributed by atoms with van der Waals surface area (Å²) >= 11 is 0. The highest BCUT2D eigenvalue weighted by atomic mass is 16.3. The minimum Gasteiger partial charge on any atom is -0.393 e. The fourth-order valence-corrected chi connectivity index (χ4v) is 3.61. The molecule has 3 rings (SSSR count). The van der Waals surface area contributed by atoms with Crippen molar-refractivity contribution in [2.45, 2.75) is 38.8 Å². The number of para-hydroxylation sites is 1. The Morgan fingerprint density at radius 3 is 2.90 bits per heavy atom. The van der Waals surface area contributed by atoms with Crippen molar-refractivity contribution < 1.29 is 9.90 Å². The van der Waals surface area contributed by atoms with E-state index >= 15 is 0 Å². The van der Waals surface area contributed by atoms with Crippen LogP contribution in [-0.4, -0.2) is 47.7 Å². The number of fused-ring (bicyclic) bond motifs is 1. The SMILES string of the molecule is CC(O)C1CCN(CC(=O)N2c3ccccc3CC2C)C1. The lowest BCUT2D eigenvalue weighted by Crippen LogP contribution is -2.42. The van der Waals surface area contributed by atoms with E-state index in [0.29, 0.717) is 12.5 Å². The maximum absolute atomic E-state index is 12.7. The summed E-state index contributed by atoms with van der Waals surface area (Å²) in [4.78, 5) is 16.8. The van der Waals surface area contributed by atoms with Gasteiger partial charge in [0.2, 0.25) is 5.91 Å². The lowest BCUT2D eigenvalue weighted by molar-refractivity contribution is -0.119. The molecule has 3 unspecified atom stereocenters. The molecule has 114 valence electrons. The van der Waals surface area contributed by atoms with Gasteiger partial charge >= 0.3 is 0 Å². The molecule has 0 radical (unpaired) electrons. The number of benzene rings is 1. The first-order valence-electron chi connectivity index (χ1n) is 7.86. The quantitative estimate of drug-likeness (QED) is 0.920. The predicted octanol–water partition coefficient (Wildman–Crippen LogP) is 1.67. The highest BCUT2D eigenvalue weighted by Gasteiger charge is 2.33. The number of hydrogen-bond donors (Lipinski definition) is 1. The van der Waals surface area contributed by atoms with Gasteiger partial charge in [-0.15, -0.1) is 0 Å². The Balaban J connectivity index is 1.67. The van der Waals surface area contributed by atoms with Crippen LogP contribution in [0.4, 0.5) is 5.69 Å². The lowest BCUT2D eigenvalue weighted by atomic mass is 10.0. The van der Waals surface area contributed by atoms with Crippen LogP contribution in [0.5, 0.6) is 0 Å². The highest BCUT2D eigenvalue weighted by molar-refractivity contribution is 5.97. The Morgan fingerprint density at radius 1 is 1.43 bits per heavy atom. The maximum atomic E-state index is 12.7. The van der Waals surface area contributed by atoms with Crippen LogP contribution < -0.4 is 4.90 Å². The lowest BCUT2D eigenvalue weighted by Gasteiger charge is -2.25. The van der Waals surface area contributed by atoms with Crippen molar-refractivity contribution in [3.63, 3.8) is 0 Å². The molecule has 1 aromatic carbocycles. The van der Waals surface area contributed by atoms with Crippen molar-refractivity contribution in [2.75, 3.05) is 24.5 Å². The van der Waals surface area contributed by atoms with Crippen molar-refractivity contribution in [2.24, 2.45) is 5.92 Å². The molecule has 0 bridgehead atoms. The zero-order chi connectivity index (χ0) is 15.0. The monoisotopic (exact) mass is 288 g/mol. The number of anilines is 1. The van der Waals surface area contributed by atoms with E-state index in [1.54, 1.807) is 0 Å². The molecule has 0 saturated carbocycles. The third-order valence-electron chi connectivity index (χ3n) is 4.83. The molecule has 1 fully saturated rings. The number of hydrogen-bond acceptors (Lipinski definition) is 3. The Bertz CT molecular complexity index is 529. The molecule has 2 heterocycles. The van der Waals surface area contributed by atoms with Gasteiger partial charge in [0.1, 0.15) is 0 Å². The number of aliphatic hydroxyl groups is 1. The number of aliphatic hydroxyl groups excluding tert-OH is 1. The molecule has 3 atom stereocenters. The van der Waals surface area contributed by atoms with Gasteiger partial charge < -0.3 is 10.0 Å². The van der Waals surface area contributed by atoms with E-state index in [-0.39, 0.29) is 18.1 Å². The number of rotatable bonds is 3. The minimum absolute atomic E-state index is 0.179. The van der Waals surface area contributed by atoms with E-state index in [4.69, 9.17) is 0 Å². The Kier molecular flexibility index (Phi) is 4.00. The molecule has 1 aromatic rings. The fourth-order valence-electron chi connectivity index (χ4n) is 3.61. The zero-order valence-corrected chi connectivity index (χ0v) is 12.8. The van der Waals surface area contributed by atoms with Crippen molar-refractivity contribution in [3.05, 3.63) is 29.8 Å². The van der Waals surface area contributed by atoms with E-state index < -0.39 is 0 Å². The summed E-state index contributed by atoms with van der Waals surface area (Å²) in [5, 5.41) is 9.67. The normalized spacial score (nSPS) is 26.9. The highest BCUT2D eigenvalue weighted by Crippen LogP contribution is 2.32. The fraction of sp³-hybridized carbons (Fsp3) is 0.588. The van der Waals surface area contributed by atoms with E-state index in [1.165, 1.54) is 5.56 Å². The summed E-state index contributed by atoms with van der Waals surface area (Å²) in [7, 11) is 0. The third kappa shape index (κ3) is 2.83. The first-order valence-corrected chi connectivity index (χ1v) is 7.86. The van der Waals surface area contributed by atoms with E-state index in [0.717, 1.165) is 31.6 Å². The largest absolute Gasteiger partial charge is 0.393 e. The number of amides is 1. The second-order valence-electron chi connectivity index (χ2n) is 6.47. The average molecular weight is 288 g/mol. The second kappa shape index (κ2) is 5.78. The number of carbonyl (C=O) groups is 1. The van der Waals surface area contributed by atoms with E-state index in [2.05, 4.69) is 17.9 Å². The topological polar surface area (TPSA) is 43.8 Å². The van der Waals surface area contributed by atoms with Crippen LogP contribution in [0, 0.1) is 5.92 Å². The molecular formula is C17H24N2O2. The number of nitrogens with zero attached hydrogens (tertiary/aromatic N) is 2. The average Bonchev–Trinajstić information content (AvgIpc) is 3.01. The Morgan fingerprint density at radius 2 is 2.19 bits per heavy atom. The molecule has 1 amide bonds. The molecule has 21 heavy (non-hydrogen) atoms. The van der Waals surface area contributed by atoms with E-state index in [1.807, 2.05) is 30.0 Å². The minimum atomic E-state index is -0.281. The van der Waals surface area contributed by atoms with Gasteiger partial charge in [-0.25, -0.2) is 0 Å². The predicted molar refractivity (Wildman–Crippen MR) is 83.3 cm³/mol. The Labute approximate surface area is 126 Å². The number of likely N-dealkylation sites (tertiary alicyclic amines) is 1. The van der Waals surface area contributed by atoms with Gasteiger partial charge in [-0.3, -0.25) is 9.69 Å². The van der Waals surface area contributed by atoms with Gasteiger partial charge in [0, 0.05) is 18.3 Å². The molecule has 0 spiro atoms. The zero-order valence-electron chi connectivity index (χ0n) is 12.8. The summed E-state index contributed by atoms with van der Waals surface area (Å²) in [5.41, 5.74) is 2.34. The van der Waals surface area contributed by atoms with Crippen molar-refractivity contribution in [1.82, 2.24) is 4.90 Å². The van der Waals surface area contributed by atoms with Gasteiger partial charge in [-0.1, -0.05) is 18.2 Å². The maximum Gasteiger partial charge on any atom is 0.241 e. The van der Waals surface area contributed by atoms with Gasteiger partial charge in [0.05, 0.1) is 12.6 Å². The van der Waals surface area contributed by atoms with Crippen LogP contribution in [0.2, 0.25) is 0 Å². The molecule has 2 aliphatic heterocycles. The summed E-state index contributed by atoms with van der Waals surface area (Å²) in [6.45, 7) is 6.15. The van der Waals surface area contributed by atoms with Crippen LogP contribution in [0.3, 0.4) is 0 Å². The van der Waals surface area contributed by atoms with Gasteiger partial charge in [-0.05, 0) is 50.8 Å². The standard InChI is InChI=1S/C17H24N2O2/c1-12-9-14-5-3-4-6-16(14)19(12)17(21)11-18-8-7-15(10-18)13(2)20/h3-6,12-13,15,20H,7-11H2,1-2H3. The van der Waals surface area contributed by atoms with Crippen LogP contribution in [0.25, 0.3) is 0 Å². The molecule has 1 saturated heterocycles. The molecule has 4 nitrogen and oxygen atoms in total. The Hall–Kier alpha value is -1.39. The van der Waals surface area contributed by atoms with Gasteiger partial charge in [-0.2, -0.15) is 0 Å². The smallest absolute Gasteiger partial charge is 0.241 e. The third-order valence-corrected chi connectivity index (χ3v) is 4.83. The molecular weight excluding hydrogens is 264 g/mol. The van der Waals surface area contributed by atoms with Crippen LogP contribution in [0.15, 0.2) is 24.3 Å². The van der Waals surface area contributed by atoms with Crippen LogP contribution in [0.1, 0.15) is 25.8 Å². The molecule has 0 aromatic heterocycles. The molecule has 2 aliphatic rings. The van der Waals surface area contributed by atoms with E-state index in [9.17, 15) is 9.90 Å². The molecule has 0 aliphatic carbocycles. The van der Waals surface area contributed by atoms with Crippen LogP contribution >= 0.6 is 0 Å². The molecule has 1 N–H and O–H groups in total. The first-order chi connectivity index (χ1) is 10.1. The summed E-state index contributed by atoms with van der Waals surface area (Å²) in [6, 6.07) is 8.42. The summed E-state index contributed by atoms with van der Waals surface area (Å²) < 4.78 is 0. The van der Waals surface area contributed by atoms with Crippen molar-refractivity contribution >= 4 is 11.6 Å². The summed E-state index contributed by atoms with van der Waals surface area (Å²) in [5.74, 6) is 0.486. The van der Waals surface area contributed by atoms with Crippen molar-refractivity contribution in [1.29, 1.82) is 0 Å². The van der Waals surface area contributed by atoms with Crippen molar-refractivity contribution in [3.8, 4) is 0 Å².